The topological polar surface area (TPSA) is 96.3 Å². The first-order valence-corrected chi connectivity index (χ1v) is 5.63. The number of nitrogens with zero attached hydrogens (tertiary/aromatic N) is 1. The zero-order valence-corrected chi connectivity index (χ0v) is 10.1. The summed E-state index contributed by atoms with van der Waals surface area (Å²) < 4.78 is 0. The number of nitro groups is 1. The SMILES string of the molecule is CCNCCNC(=O)Nc1cccc([N+](=O)[O-])c1. The van der Waals surface area contributed by atoms with E-state index in [4.69, 9.17) is 0 Å². The Balaban J connectivity index is 2.44. The summed E-state index contributed by atoms with van der Waals surface area (Å²) in [6, 6.07) is 5.41. The van der Waals surface area contributed by atoms with Gasteiger partial charge in [-0.05, 0) is 12.6 Å². The summed E-state index contributed by atoms with van der Waals surface area (Å²) in [4.78, 5) is 21.5. The van der Waals surface area contributed by atoms with E-state index in [1.165, 1.54) is 18.2 Å². The monoisotopic (exact) mass is 252 g/mol. The molecule has 7 heteroatoms. The van der Waals surface area contributed by atoms with Crippen LogP contribution in [0, 0.1) is 10.1 Å². The van der Waals surface area contributed by atoms with Crippen LogP contribution in [0.5, 0.6) is 0 Å². The van der Waals surface area contributed by atoms with E-state index in [1.54, 1.807) is 6.07 Å². The molecule has 0 heterocycles. The van der Waals surface area contributed by atoms with E-state index in [2.05, 4.69) is 16.0 Å². The summed E-state index contributed by atoms with van der Waals surface area (Å²) in [6.07, 6.45) is 0. The van der Waals surface area contributed by atoms with Crippen LogP contribution in [0.15, 0.2) is 24.3 Å². The van der Waals surface area contributed by atoms with Crippen molar-refractivity contribution in [3.05, 3.63) is 34.4 Å². The molecule has 0 unspecified atom stereocenters. The Labute approximate surface area is 105 Å². The summed E-state index contributed by atoms with van der Waals surface area (Å²) in [7, 11) is 0. The van der Waals surface area contributed by atoms with Crippen LogP contribution in [-0.2, 0) is 0 Å². The van der Waals surface area contributed by atoms with Gasteiger partial charge >= 0.3 is 6.03 Å². The van der Waals surface area contributed by atoms with Gasteiger partial charge in [-0.15, -0.1) is 0 Å². The van der Waals surface area contributed by atoms with Crippen molar-refractivity contribution in [1.29, 1.82) is 0 Å². The second kappa shape index (κ2) is 7.23. The van der Waals surface area contributed by atoms with Crippen LogP contribution in [0.2, 0.25) is 0 Å². The zero-order chi connectivity index (χ0) is 13.4. The van der Waals surface area contributed by atoms with E-state index in [-0.39, 0.29) is 11.7 Å². The lowest BCUT2D eigenvalue weighted by Gasteiger charge is -2.07. The van der Waals surface area contributed by atoms with Gasteiger partial charge in [0, 0.05) is 30.9 Å². The van der Waals surface area contributed by atoms with Gasteiger partial charge < -0.3 is 16.0 Å². The molecule has 0 aliphatic heterocycles. The molecule has 0 saturated heterocycles. The molecule has 3 N–H and O–H groups in total. The quantitative estimate of drug-likeness (QED) is 0.404. The fourth-order valence-corrected chi connectivity index (χ4v) is 1.31. The molecule has 1 aromatic rings. The van der Waals surface area contributed by atoms with Gasteiger partial charge in [0.1, 0.15) is 0 Å². The van der Waals surface area contributed by atoms with E-state index in [1.807, 2.05) is 6.92 Å². The number of hydrogen-bond donors (Lipinski definition) is 3. The van der Waals surface area contributed by atoms with Gasteiger partial charge in [0.25, 0.3) is 5.69 Å². The Morgan fingerprint density at radius 1 is 1.39 bits per heavy atom. The number of rotatable bonds is 6. The molecule has 18 heavy (non-hydrogen) atoms. The molecule has 0 bridgehead atoms. The van der Waals surface area contributed by atoms with Crippen molar-refractivity contribution in [2.24, 2.45) is 0 Å². The second-order valence-corrected chi connectivity index (χ2v) is 3.54. The lowest BCUT2D eigenvalue weighted by atomic mass is 10.3. The smallest absolute Gasteiger partial charge is 0.319 e. The van der Waals surface area contributed by atoms with Gasteiger partial charge in [-0.1, -0.05) is 13.0 Å². The second-order valence-electron chi connectivity index (χ2n) is 3.54. The highest BCUT2D eigenvalue weighted by atomic mass is 16.6. The minimum atomic E-state index is -0.506. The lowest BCUT2D eigenvalue weighted by molar-refractivity contribution is -0.384. The number of urea groups is 1. The fraction of sp³-hybridized carbons (Fsp3) is 0.364. The maximum absolute atomic E-state index is 11.4. The van der Waals surface area contributed by atoms with Crippen LogP contribution in [0.25, 0.3) is 0 Å². The van der Waals surface area contributed by atoms with Crippen molar-refractivity contribution in [2.45, 2.75) is 6.92 Å². The molecule has 0 atom stereocenters. The maximum atomic E-state index is 11.4. The lowest BCUT2D eigenvalue weighted by Crippen LogP contribution is -2.34. The minimum Gasteiger partial charge on any atom is -0.337 e. The van der Waals surface area contributed by atoms with Gasteiger partial charge in [-0.2, -0.15) is 0 Å². The molecule has 0 fully saturated rings. The third-order valence-corrected chi connectivity index (χ3v) is 2.15. The number of likely N-dealkylation sites (N-methyl/N-ethyl adjacent to an activating group) is 1. The Kier molecular flexibility index (Phi) is 5.59. The van der Waals surface area contributed by atoms with Crippen molar-refractivity contribution < 1.29 is 9.72 Å². The number of non-ortho nitro benzene ring substituents is 1. The maximum Gasteiger partial charge on any atom is 0.319 e. The van der Waals surface area contributed by atoms with E-state index >= 15 is 0 Å². The molecule has 98 valence electrons. The molecule has 0 saturated carbocycles. The molecular weight excluding hydrogens is 236 g/mol. The van der Waals surface area contributed by atoms with Gasteiger partial charge in [-0.25, -0.2) is 4.79 Å². The Hall–Kier alpha value is -2.15. The molecule has 1 rings (SSSR count). The van der Waals surface area contributed by atoms with Crippen LogP contribution < -0.4 is 16.0 Å². The predicted octanol–water partition coefficient (Wildman–Crippen LogP) is 1.33. The average Bonchev–Trinajstić information content (AvgIpc) is 2.35. The normalized spacial score (nSPS) is 9.83. The molecule has 2 amide bonds. The van der Waals surface area contributed by atoms with Crippen molar-refractivity contribution in [3.63, 3.8) is 0 Å². The molecular formula is C11H16N4O3. The zero-order valence-electron chi connectivity index (χ0n) is 10.1. The van der Waals surface area contributed by atoms with Crippen LogP contribution in [0.4, 0.5) is 16.2 Å². The molecule has 0 aromatic heterocycles. The highest BCUT2D eigenvalue weighted by Crippen LogP contribution is 2.16. The van der Waals surface area contributed by atoms with Gasteiger partial charge in [0.2, 0.25) is 0 Å². The van der Waals surface area contributed by atoms with Gasteiger partial charge in [-0.3, -0.25) is 10.1 Å². The molecule has 0 aliphatic rings. The Bertz CT molecular complexity index is 423. The summed E-state index contributed by atoms with van der Waals surface area (Å²) in [6.45, 7) is 3.99. The third-order valence-electron chi connectivity index (χ3n) is 2.15. The van der Waals surface area contributed by atoms with Gasteiger partial charge in [0.05, 0.1) is 4.92 Å². The van der Waals surface area contributed by atoms with Crippen LogP contribution in [-0.4, -0.2) is 30.6 Å². The summed E-state index contributed by atoms with van der Waals surface area (Å²) in [5.41, 5.74) is 0.339. The first-order chi connectivity index (χ1) is 8.63. The molecule has 0 spiro atoms. The number of nitro benzene ring substituents is 1. The fourth-order valence-electron chi connectivity index (χ4n) is 1.31. The number of nitrogens with one attached hydrogen (secondary N) is 3. The molecule has 1 aromatic carbocycles. The number of anilines is 1. The Morgan fingerprint density at radius 3 is 2.83 bits per heavy atom. The van der Waals surface area contributed by atoms with Crippen molar-refractivity contribution in [1.82, 2.24) is 10.6 Å². The summed E-state index contributed by atoms with van der Waals surface area (Å²) in [5, 5.41) is 18.8. The number of benzene rings is 1. The van der Waals surface area contributed by atoms with Crippen LogP contribution in [0.3, 0.4) is 0 Å². The molecule has 0 aliphatic carbocycles. The van der Waals surface area contributed by atoms with Crippen LogP contribution >= 0.6 is 0 Å². The standard InChI is InChI=1S/C11H16N4O3/c1-2-12-6-7-13-11(16)14-9-4-3-5-10(8-9)15(17)18/h3-5,8,12H,2,6-7H2,1H3,(H2,13,14,16). The number of carbonyl (C=O) groups is 1. The average molecular weight is 252 g/mol. The molecule has 0 radical (unpaired) electrons. The molecule has 7 nitrogen and oxygen atoms in total. The van der Waals surface area contributed by atoms with E-state index in [0.29, 0.717) is 18.8 Å². The van der Waals surface area contributed by atoms with Crippen LogP contribution in [0.1, 0.15) is 6.92 Å². The van der Waals surface area contributed by atoms with Crippen molar-refractivity contribution in [2.75, 3.05) is 25.0 Å². The highest BCUT2D eigenvalue weighted by molar-refractivity contribution is 5.89. The van der Waals surface area contributed by atoms with Crippen molar-refractivity contribution in [3.8, 4) is 0 Å². The Morgan fingerprint density at radius 2 is 2.17 bits per heavy atom. The number of hydrogen-bond acceptors (Lipinski definition) is 4. The van der Waals surface area contributed by atoms with Gasteiger partial charge in [0.15, 0.2) is 0 Å². The van der Waals surface area contributed by atoms with E-state index < -0.39 is 4.92 Å². The third kappa shape index (κ3) is 4.79. The van der Waals surface area contributed by atoms with E-state index in [0.717, 1.165) is 6.54 Å². The largest absolute Gasteiger partial charge is 0.337 e. The summed E-state index contributed by atoms with van der Waals surface area (Å²) in [5.74, 6) is 0. The predicted molar refractivity (Wildman–Crippen MR) is 68.7 cm³/mol. The first kappa shape index (κ1) is 13.9. The summed E-state index contributed by atoms with van der Waals surface area (Å²) >= 11 is 0. The van der Waals surface area contributed by atoms with E-state index in [9.17, 15) is 14.9 Å². The van der Waals surface area contributed by atoms with Crippen molar-refractivity contribution >= 4 is 17.4 Å². The number of carbonyl (C=O) groups excluding carboxylic acids is 1. The minimum absolute atomic E-state index is 0.0551. The number of amides is 2. The highest BCUT2D eigenvalue weighted by Gasteiger charge is 2.07. The first-order valence-electron chi connectivity index (χ1n) is 5.63.